The van der Waals surface area contributed by atoms with Crippen LogP contribution in [-0.4, -0.2) is 65.7 Å². The Hall–Kier alpha value is -1.03. The summed E-state index contributed by atoms with van der Waals surface area (Å²) in [5.74, 6) is -0.973. The van der Waals surface area contributed by atoms with Crippen molar-refractivity contribution >= 4 is 19.8 Å². The summed E-state index contributed by atoms with van der Waals surface area (Å²) < 4.78 is 32.0. The molecule has 0 aliphatic carbocycles. The number of esters is 2. The SMILES string of the molecule is CCCCCCCCCCCCCCCCCCCCCCCCCCCCCCCCCCC(=O)OC[C@H](COP(=O)(O)OC[C@@H](O)CO)OC(=O)CCC. The molecule has 0 rings (SSSR count). The smallest absolute Gasteiger partial charge is 0.462 e. The number of aliphatic hydroxyl groups is 2. The number of hydrogen-bond acceptors (Lipinski definition) is 9. The molecule has 0 aliphatic heterocycles. The van der Waals surface area contributed by atoms with Gasteiger partial charge >= 0.3 is 19.8 Å². The van der Waals surface area contributed by atoms with E-state index >= 15 is 0 Å². The lowest BCUT2D eigenvalue weighted by Crippen LogP contribution is -2.29. The average Bonchev–Trinajstić information content (AvgIpc) is 3.18. The molecule has 11 heteroatoms. The zero-order valence-corrected chi connectivity index (χ0v) is 37.3. The second-order valence-electron chi connectivity index (χ2n) is 16.2. The van der Waals surface area contributed by atoms with Crippen molar-refractivity contribution in [3.8, 4) is 0 Å². The van der Waals surface area contributed by atoms with E-state index in [2.05, 4.69) is 11.4 Å². The molecule has 334 valence electrons. The van der Waals surface area contributed by atoms with E-state index in [1.54, 1.807) is 6.92 Å². The number of rotatable bonds is 45. The number of hydrogen-bond donors (Lipinski definition) is 3. The summed E-state index contributed by atoms with van der Waals surface area (Å²) in [6, 6.07) is 0. The number of carbonyl (C=O) groups is 2. The summed E-state index contributed by atoms with van der Waals surface area (Å²) in [4.78, 5) is 34.0. The van der Waals surface area contributed by atoms with Gasteiger partial charge in [-0.1, -0.05) is 213 Å². The molecule has 0 spiro atoms. The van der Waals surface area contributed by atoms with Crippen molar-refractivity contribution in [1.82, 2.24) is 0 Å². The molecule has 0 radical (unpaired) electrons. The molecule has 56 heavy (non-hydrogen) atoms. The zero-order valence-electron chi connectivity index (χ0n) is 36.4. The summed E-state index contributed by atoms with van der Waals surface area (Å²) in [6.45, 7) is 1.99. The Morgan fingerprint density at radius 3 is 1.14 bits per heavy atom. The third-order valence-corrected chi connectivity index (χ3v) is 11.4. The minimum Gasteiger partial charge on any atom is -0.462 e. The van der Waals surface area contributed by atoms with Crippen LogP contribution in [0.25, 0.3) is 0 Å². The fourth-order valence-electron chi connectivity index (χ4n) is 6.92. The van der Waals surface area contributed by atoms with Crippen molar-refractivity contribution in [3.05, 3.63) is 0 Å². The molecular weight excluding hydrogens is 731 g/mol. The summed E-state index contributed by atoms with van der Waals surface area (Å²) in [7, 11) is -4.58. The van der Waals surface area contributed by atoms with Crippen molar-refractivity contribution in [2.75, 3.05) is 26.4 Å². The van der Waals surface area contributed by atoms with Crippen LogP contribution in [0.5, 0.6) is 0 Å². The van der Waals surface area contributed by atoms with Crippen LogP contribution in [0.15, 0.2) is 0 Å². The van der Waals surface area contributed by atoms with Crippen LogP contribution >= 0.6 is 7.82 Å². The maximum absolute atomic E-state index is 12.3. The highest BCUT2D eigenvalue weighted by atomic mass is 31.2. The molecule has 3 N–H and O–H groups in total. The maximum Gasteiger partial charge on any atom is 0.472 e. The molecule has 0 saturated carbocycles. The van der Waals surface area contributed by atoms with E-state index in [9.17, 15) is 24.2 Å². The Morgan fingerprint density at radius 2 is 0.804 bits per heavy atom. The van der Waals surface area contributed by atoms with Gasteiger partial charge in [0, 0.05) is 12.8 Å². The quantitative estimate of drug-likeness (QED) is 0.0308. The van der Waals surface area contributed by atoms with Crippen molar-refractivity contribution in [2.45, 2.75) is 251 Å². The lowest BCUT2D eigenvalue weighted by atomic mass is 10.0. The van der Waals surface area contributed by atoms with Crippen molar-refractivity contribution in [2.24, 2.45) is 0 Å². The summed E-state index contributed by atoms with van der Waals surface area (Å²) in [5, 5.41) is 18.1. The van der Waals surface area contributed by atoms with E-state index in [0.717, 1.165) is 12.8 Å². The number of carbonyl (C=O) groups excluding carboxylic acids is 2. The molecule has 10 nitrogen and oxygen atoms in total. The largest absolute Gasteiger partial charge is 0.472 e. The highest BCUT2D eigenvalue weighted by Crippen LogP contribution is 2.43. The highest BCUT2D eigenvalue weighted by Gasteiger charge is 2.27. The number of ether oxygens (including phenoxy) is 2. The number of unbranched alkanes of at least 4 members (excludes halogenated alkanes) is 31. The van der Waals surface area contributed by atoms with Gasteiger partial charge in [0.1, 0.15) is 12.7 Å². The third-order valence-electron chi connectivity index (χ3n) is 10.5. The lowest BCUT2D eigenvalue weighted by Gasteiger charge is -2.20. The summed E-state index contributed by atoms with van der Waals surface area (Å²) in [5.41, 5.74) is 0. The number of phosphoric ester groups is 1. The summed E-state index contributed by atoms with van der Waals surface area (Å²) in [6.07, 6.45) is 41.8. The van der Waals surface area contributed by atoms with Crippen LogP contribution in [0.2, 0.25) is 0 Å². The molecule has 1 unspecified atom stereocenters. The Morgan fingerprint density at radius 1 is 0.464 bits per heavy atom. The van der Waals surface area contributed by atoms with Crippen molar-refractivity contribution < 1.29 is 47.8 Å². The summed E-state index contributed by atoms with van der Waals surface area (Å²) >= 11 is 0. The topological polar surface area (TPSA) is 149 Å². The predicted octanol–water partition coefficient (Wildman–Crippen LogP) is 12.6. The minimum atomic E-state index is -4.58. The first kappa shape index (κ1) is 55.0. The normalized spacial score (nSPS) is 13.7. The van der Waals surface area contributed by atoms with Gasteiger partial charge in [-0.05, 0) is 12.8 Å². The van der Waals surface area contributed by atoms with Gasteiger partial charge in [0.15, 0.2) is 6.10 Å². The molecular formula is C45H89O10P. The van der Waals surface area contributed by atoms with Gasteiger partial charge in [0.05, 0.1) is 19.8 Å². The molecule has 0 saturated heterocycles. The van der Waals surface area contributed by atoms with Crippen LogP contribution in [0.1, 0.15) is 239 Å². The van der Waals surface area contributed by atoms with Crippen LogP contribution in [0, 0.1) is 0 Å². The minimum absolute atomic E-state index is 0.139. The van der Waals surface area contributed by atoms with Crippen LogP contribution < -0.4 is 0 Å². The monoisotopic (exact) mass is 821 g/mol. The molecule has 0 aromatic carbocycles. The van der Waals surface area contributed by atoms with E-state index in [0.29, 0.717) is 12.8 Å². The maximum atomic E-state index is 12.3. The zero-order chi connectivity index (χ0) is 41.2. The fraction of sp³-hybridized carbons (Fsp3) is 0.956. The first-order valence-electron chi connectivity index (χ1n) is 23.5. The average molecular weight is 821 g/mol. The van der Waals surface area contributed by atoms with Crippen LogP contribution in [-0.2, 0) is 32.7 Å². The van der Waals surface area contributed by atoms with Crippen molar-refractivity contribution in [3.63, 3.8) is 0 Å². The third kappa shape index (κ3) is 41.1. The predicted molar refractivity (Wildman–Crippen MR) is 229 cm³/mol. The van der Waals surface area contributed by atoms with Crippen LogP contribution in [0.4, 0.5) is 0 Å². The lowest BCUT2D eigenvalue weighted by molar-refractivity contribution is -0.161. The molecule has 0 bridgehead atoms. The van der Waals surface area contributed by atoms with E-state index in [4.69, 9.17) is 19.1 Å². The van der Waals surface area contributed by atoms with Gasteiger partial charge in [0.25, 0.3) is 0 Å². The molecule has 0 fully saturated rings. The molecule has 0 aromatic heterocycles. The second kappa shape index (κ2) is 42.1. The first-order chi connectivity index (χ1) is 27.2. The Kier molecular flexibility index (Phi) is 41.3. The molecule has 0 aliphatic rings. The molecule has 0 heterocycles. The highest BCUT2D eigenvalue weighted by molar-refractivity contribution is 7.47. The Balaban J connectivity index is 3.55. The standard InChI is InChI=1S/C45H89O10P/c1-3-5-6-7-8-9-10-11-12-13-14-15-16-17-18-19-20-21-22-23-24-25-26-27-28-29-30-31-32-33-34-35-37-44(48)52-40-43(55-45(49)36-4-2)41-54-56(50,51)53-39-42(47)38-46/h42-43,46-47H,3-41H2,1-2H3,(H,50,51)/t42-,43+/m0/s1. The van der Waals surface area contributed by atoms with E-state index in [1.165, 1.54) is 186 Å². The molecule has 3 atom stereocenters. The fourth-order valence-corrected chi connectivity index (χ4v) is 7.71. The second-order valence-corrected chi connectivity index (χ2v) is 17.6. The van der Waals surface area contributed by atoms with Gasteiger partial charge < -0.3 is 24.6 Å². The van der Waals surface area contributed by atoms with E-state index in [-0.39, 0.29) is 19.4 Å². The van der Waals surface area contributed by atoms with Gasteiger partial charge in [-0.2, -0.15) is 0 Å². The Bertz CT molecular complexity index is 904. The van der Waals surface area contributed by atoms with Crippen LogP contribution in [0.3, 0.4) is 0 Å². The first-order valence-corrected chi connectivity index (χ1v) is 25.0. The van der Waals surface area contributed by atoms with E-state index in [1.807, 2.05) is 0 Å². The molecule has 0 amide bonds. The van der Waals surface area contributed by atoms with Gasteiger partial charge in [0.2, 0.25) is 0 Å². The van der Waals surface area contributed by atoms with Crippen molar-refractivity contribution in [1.29, 1.82) is 0 Å². The van der Waals surface area contributed by atoms with Gasteiger partial charge in [-0.15, -0.1) is 0 Å². The van der Waals surface area contributed by atoms with E-state index < -0.39 is 51.8 Å². The van der Waals surface area contributed by atoms with Gasteiger partial charge in [-0.3, -0.25) is 18.6 Å². The van der Waals surface area contributed by atoms with Gasteiger partial charge in [-0.25, -0.2) is 4.57 Å². The Labute approximate surface area is 344 Å². The molecule has 0 aromatic rings. The number of phosphoric acid groups is 1. The number of aliphatic hydroxyl groups excluding tert-OH is 2.